The highest BCUT2D eigenvalue weighted by Crippen LogP contribution is 2.15. The molecule has 1 aliphatic heterocycles. The Kier molecular flexibility index (Phi) is 5.80. The summed E-state index contributed by atoms with van der Waals surface area (Å²) in [6.07, 6.45) is 3.12. The molecule has 0 bridgehead atoms. The molecule has 110 valence electrons. The molecule has 0 aromatic heterocycles. The summed E-state index contributed by atoms with van der Waals surface area (Å²) in [6, 6.07) is 6.53. The van der Waals surface area contributed by atoms with Crippen molar-refractivity contribution >= 4 is 5.91 Å². The molecule has 1 amide bonds. The van der Waals surface area contributed by atoms with E-state index >= 15 is 0 Å². The van der Waals surface area contributed by atoms with Crippen LogP contribution < -0.4 is 15.4 Å². The van der Waals surface area contributed by atoms with E-state index in [2.05, 4.69) is 10.6 Å². The Morgan fingerprint density at radius 2 is 2.30 bits per heavy atom. The lowest BCUT2D eigenvalue weighted by molar-refractivity contribution is -0.122. The minimum atomic E-state index is -0.370. The highest BCUT2D eigenvalue weighted by Gasteiger charge is 2.14. The third-order valence-electron chi connectivity index (χ3n) is 3.30. The maximum atomic E-state index is 13.3. The molecule has 0 radical (unpaired) electrons. The number of hydrogen-bond donors (Lipinski definition) is 2. The van der Waals surface area contributed by atoms with Crippen LogP contribution in [0.3, 0.4) is 0 Å². The van der Waals surface area contributed by atoms with Gasteiger partial charge in [0, 0.05) is 19.0 Å². The monoisotopic (exact) mass is 280 g/mol. The smallest absolute Gasteiger partial charge is 0.220 e. The van der Waals surface area contributed by atoms with E-state index in [0.29, 0.717) is 19.4 Å². The van der Waals surface area contributed by atoms with E-state index < -0.39 is 0 Å². The summed E-state index contributed by atoms with van der Waals surface area (Å²) in [4.78, 5) is 11.7. The fourth-order valence-corrected chi connectivity index (χ4v) is 2.25. The lowest BCUT2D eigenvalue weighted by Gasteiger charge is -2.23. The number of piperidine rings is 1. The molecule has 0 spiro atoms. The topological polar surface area (TPSA) is 50.4 Å². The number of carbonyl (C=O) groups is 1. The molecule has 1 saturated heterocycles. The van der Waals surface area contributed by atoms with Gasteiger partial charge in [0.05, 0.1) is 6.61 Å². The first-order valence-electron chi connectivity index (χ1n) is 7.13. The molecule has 1 aromatic carbocycles. The number of rotatable bonds is 6. The number of ether oxygens (including phenoxy) is 1. The van der Waals surface area contributed by atoms with E-state index in [4.69, 9.17) is 4.74 Å². The first-order chi connectivity index (χ1) is 9.75. The lowest BCUT2D eigenvalue weighted by Crippen LogP contribution is -2.45. The third-order valence-corrected chi connectivity index (χ3v) is 3.30. The van der Waals surface area contributed by atoms with Gasteiger partial charge in [-0.05, 0) is 37.9 Å². The Bertz CT molecular complexity index is 434. The van der Waals surface area contributed by atoms with Gasteiger partial charge in [0.25, 0.3) is 0 Å². The largest absolute Gasteiger partial charge is 0.491 e. The lowest BCUT2D eigenvalue weighted by atomic mass is 10.1. The van der Waals surface area contributed by atoms with Crippen LogP contribution in [0.5, 0.6) is 5.75 Å². The Labute approximate surface area is 118 Å². The van der Waals surface area contributed by atoms with Gasteiger partial charge in [-0.15, -0.1) is 0 Å². The summed E-state index contributed by atoms with van der Waals surface area (Å²) >= 11 is 0. The standard InChI is InChI=1S/C15H21FN2O2/c16-13-6-1-2-7-14(13)20-10-4-8-15(19)18-12-5-3-9-17-11-12/h1-2,6-7,12,17H,3-5,8-11H2,(H,18,19). The van der Waals surface area contributed by atoms with Crippen LogP contribution in [0.4, 0.5) is 4.39 Å². The molecular weight excluding hydrogens is 259 g/mol. The third kappa shape index (κ3) is 4.81. The average Bonchev–Trinajstić information content (AvgIpc) is 2.46. The van der Waals surface area contributed by atoms with Crippen LogP contribution in [-0.2, 0) is 4.79 Å². The van der Waals surface area contributed by atoms with Crippen molar-refractivity contribution in [3.63, 3.8) is 0 Å². The Morgan fingerprint density at radius 1 is 1.45 bits per heavy atom. The van der Waals surface area contributed by atoms with Crippen molar-refractivity contribution in [3.05, 3.63) is 30.1 Å². The molecule has 1 heterocycles. The summed E-state index contributed by atoms with van der Waals surface area (Å²) in [5.74, 6) is -0.0922. The average molecular weight is 280 g/mol. The predicted molar refractivity (Wildman–Crippen MR) is 75.2 cm³/mol. The molecule has 2 rings (SSSR count). The maximum absolute atomic E-state index is 13.3. The fraction of sp³-hybridized carbons (Fsp3) is 0.533. The van der Waals surface area contributed by atoms with E-state index in [0.717, 1.165) is 25.9 Å². The summed E-state index contributed by atoms with van der Waals surface area (Å²) < 4.78 is 18.6. The summed E-state index contributed by atoms with van der Waals surface area (Å²) in [7, 11) is 0. The van der Waals surface area contributed by atoms with Crippen molar-refractivity contribution in [2.45, 2.75) is 31.7 Å². The molecule has 5 heteroatoms. The number of benzene rings is 1. The first kappa shape index (κ1) is 14.8. The SMILES string of the molecule is O=C(CCCOc1ccccc1F)NC1CCCNC1. The van der Waals surface area contributed by atoms with Crippen LogP contribution in [0.1, 0.15) is 25.7 Å². The van der Waals surface area contributed by atoms with Gasteiger partial charge in [-0.25, -0.2) is 4.39 Å². The van der Waals surface area contributed by atoms with Gasteiger partial charge in [-0.3, -0.25) is 4.79 Å². The number of halogens is 1. The van der Waals surface area contributed by atoms with Crippen LogP contribution in [0.25, 0.3) is 0 Å². The summed E-state index contributed by atoms with van der Waals surface area (Å²) in [5, 5.41) is 6.25. The molecule has 1 atom stereocenters. The van der Waals surface area contributed by atoms with E-state index in [9.17, 15) is 9.18 Å². The van der Waals surface area contributed by atoms with Gasteiger partial charge in [0.1, 0.15) is 0 Å². The summed E-state index contributed by atoms with van der Waals surface area (Å²) in [6.45, 7) is 2.22. The second-order valence-electron chi connectivity index (χ2n) is 4.99. The van der Waals surface area contributed by atoms with Crippen molar-refractivity contribution in [2.75, 3.05) is 19.7 Å². The van der Waals surface area contributed by atoms with Crippen molar-refractivity contribution in [1.82, 2.24) is 10.6 Å². The molecule has 4 nitrogen and oxygen atoms in total. The number of hydrogen-bond acceptors (Lipinski definition) is 3. The minimum absolute atomic E-state index is 0.0378. The van der Waals surface area contributed by atoms with Crippen molar-refractivity contribution in [1.29, 1.82) is 0 Å². The zero-order valence-electron chi connectivity index (χ0n) is 11.5. The molecular formula is C15H21FN2O2. The molecule has 1 aromatic rings. The maximum Gasteiger partial charge on any atom is 0.220 e. The van der Waals surface area contributed by atoms with Crippen LogP contribution >= 0.6 is 0 Å². The van der Waals surface area contributed by atoms with Crippen LogP contribution in [0.2, 0.25) is 0 Å². The first-order valence-corrected chi connectivity index (χ1v) is 7.13. The van der Waals surface area contributed by atoms with Crippen molar-refractivity contribution < 1.29 is 13.9 Å². The van der Waals surface area contributed by atoms with Crippen LogP contribution in [-0.4, -0.2) is 31.6 Å². The Balaban J connectivity index is 1.60. The summed E-state index contributed by atoms with van der Waals surface area (Å²) in [5.41, 5.74) is 0. The normalized spacial score (nSPS) is 18.6. The predicted octanol–water partition coefficient (Wildman–Crippen LogP) is 1.85. The van der Waals surface area contributed by atoms with E-state index in [1.807, 2.05) is 0 Å². The van der Waals surface area contributed by atoms with Crippen LogP contribution in [0, 0.1) is 5.82 Å². The molecule has 1 unspecified atom stereocenters. The Hall–Kier alpha value is -1.62. The van der Waals surface area contributed by atoms with E-state index in [-0.39, 0.29) is 23.5 Å². The molecule has 20 heavy (non-hydrogen) atoms. The van der Waals surface area contributed by atoms with Gasteiger partial charge >= 0.3 is 0 Å². The van der Waals surface area contributed by atoms with Gasteiger partial charge in [-0.2, -0.15) is 0 Å². The quantitative estimate of drug-likeness (QED) is 0.782. The van der Waals surface area contributed by atoms with E-state index in [1.165, 1.54) is 6.07 Å². The highest BCUT2D eigenvalue weighted by molar-refractivity contribution is 5.76. The molecule has 2 N–H and O–H groups in total. The molecule has 0 saturated carbocycles. The van der Waals surface area contributed by atoms with Crippen LogP contribution in [0.15, 0.2) is 24.3 Å². The van der Waals surface area contributed by atoms with Crippen molar-refractivity contribution in [2.24, 2.45) is 0 Å². The highest BCUT2D eigenvalue weighted by atomic mass is 19.1. The van der Waals surface area contributed by atoms with Gasteiger partial charge < -0.3 is 15.4 Å². The van der Waals surface area contributed by atoms with Gasteiger partial charge in [-0.1, -0.05) is 12.1 Å². The second-order valence-corrected chi connectivity index (χ2v) is 4.99. The fourth-order valence-electron chi connectivity index (χ4n) is 2.25. The number of para-hydroxylation sites is 1. The Morgan fingerprint density at radius 3 is 3.05 bits per heavy atom. The second kappa shape index (κ2) is 7.85. The zero-order valence-corrected chi connectivity index (χ0v) is 11.5. The zero-order chi connectivity index (χ0) is 14.2. The number of amides is 1. The number of carbonyl (C=O) groups excluding carboxylic acids is 1. The number of nitrogens with one attached hydrogen (secondary N) is 2. The molecule has 1 aliphatic rings. The van der Waals surface area contributed by atoms with Crippen molar-refractivity contribution in [3.8, 4) is 5.75 Å². The van der Waals surface area contributed by atoms with E-state index in [1.54, 1.807) is 18.2 Å². The minimum Gasteiger partial charge on any atom is -0.491 e. The molecule has 0 aliphatic carbocycles. The molecule has 1 fully saturated rings. The van der Waals surface area contributed by atoms with Gasteiger partial charge in [0.2, 0.25) is 5.91 Å². The van der Waals surface area contributed by atoms with Gasteiger partial charge in [0.15, 0.2) is 11.6 Å².